The number of ketones is 1. The number of anilines is 1. The fourth-order valence-corrected chi connectivity index (χ4v) is 1.17. The number of nitrogens with one attached hydrogen (secondary N) is 1. The van der Waals surface area contributed by atoms with E-state index in [1.165, 1.54) is 6.07 Å². The summed E-state index contributed by atoms with van der Waals surface area (Å²) in [7, 11) is 0. The van der Waals surface area contributed by atoms with Gasteiger partial charge in [0.1, 0.15) is 17.7 Å². The molecule has 0 atom stereocenters. The van der Waals surface area contributed by atoms with Crippen LogP contribution in [0.3, 0.4) is 0 Å². The molecular formula is C11H5F5N2O2. The van der Waals surface area contributed by atoms with Crippen LogP contribution in [-0.2, 0) is 9.59 Å². The Kier molecular flexibility index (Phi) is 4.39. The number of carbonyl (C=O) groups excluding carboxylic acids is 2. The van der Waals surface area contributed by atoms with Crippen LogP contribution in [-0.4, -0.2) is 17.9 Å². The van der Waals surface area contributed by atoms with Crippen LogP contribution in [0.5, 0.6) is 0 Å². The molecule has 0 heterocycles. The van der Waals surface area contributed by atoms with Gasteiger partial charge in [-0.05, 0) is 6.07 Å². The molecule has 0 saturated carbocycles. The molecular weight excluding hydrogens is 287 g/mol. The lowest BCUT2D eigenvalue weighted by Crippen LogP contribution is -2.28. The van der Waals surface area contributed by atoms with E-state index in [9.17, 15) is 31.5 Å². The lowest BCUT2D eigenvalue weighted by atomic mass is 10.2. The van der Waals surface area contributed by atoms with E-state index in [4.69, 9.17) is 5.26 Å². The Labute approximate surface area is 108 Å². The molecule has 0 radical (unpaired) electrons. The molecule has 0 spiro atoms. The zero-order valence-corrected chi connectivity index (χ0v) is 9.52. The average Bonchev–Trinajstić information content (AvgIpc) is 2.32. The topological polar surface area (TPSA) is 70.0 Å². The molecule has 0 aromatic heterocycles. The first kappa shape index (κ1) is 15.6. The van der Waals surface area contributed by atoms with Crippen LogP contribution in [0.2, 0.25) is 0 Å². The van der Waals surface area contributed by atoms with E-state index in [0.29, 0.717) is 12.1 Å². The molecule has 0 unspecified atom stereocenters. The van der Waals surface area contributed by atoms with Crippen molar-refractivity contribution in [3.63, 3.8) is 0 Å². The number of Topliss-reactive ketones (excluding diaryl/α,β-unsaturated/α-hetero) is 1. The molecule has 0 fully saturated rings. The minimum absolute atomic E-state index is 0.434. The van der Waals surface area contributed by atoms with Crippen molar-refractivity contribution in [3.8, 4) is 6.07 Å². The van der Waals surface area contributed by atoms with Gasteiger partial charge in [0.05, 0.1) is 17.7 Å². The zero-order valence-electron chi connectivity index (χ0n) is 9.52. The lowest BCUT2D eigenvalue weighted by Gasteiger charge is -2.08. The Hall–Kier alpha value is -2.50. The summed E-state index contributed by atoms with van der Waals surface area (Å²) < 4.78 is 62.1. The van der Waals surface area contributed by atoms with Crippen molar-refractivity contribution in [2.75, 3.05) is 5.32 Å². The zero-order chi connectivity index (χ0) is 15.5. The fraction of sp³-hybridized carbons (Fsp3) is 0.182. The molecule has 20 heavy (non-hydrogen) atoms. The number of rotatable bonds is 3. The van der Waals surface area contributed by atoms with E-state index in [1.54, 1.807) is 5.32 Å². The largest absolute Gasteiger partial charge is 0.450 e. The number of amides is 1. The van der Waals surface area contributed by atoms with Gasteiger partial charge in [-0.1, -0.05) is 0 Å². The van der Waals surface area contributed by atoms with Gasteiger partial charge in [0.2, 0.25) is 11.7 Å². The van der Waals surface area contributed by atoms with Crippen molar-refractivity contribution >= 4 is 17.4 Å². The number of nitriles is 1. The Balaban J connectivity index is 2.85. The Morgan fingerprint density at radius 3 is 2.30 bits per heavy atom. The van der Waals surface area contributed by atoms with Crippen molar-refractivity contribution in [2.24, 2.45) is 0 Å². The predicted molar refractivity (Wildman–Crippen MR) is 55.4 cm³/mol. The van der Waals surface area contributed by atoms with Crippen LogP contribution < -0.4 is 5.32 Å². The molecule has 9 heteroatoms. The maximum absolute atomic E-state index is 13.3. The highest BCUT2D eigenvalue weighted by molar-refractivity contribution is 6.06. The van der Waals surface area contributed by atoms with E-state index in [1.807, 2.05) is 0 Å². The van der Waals surface area contributed by atoms with Gasteiger partial charge < -0.3 is 5.32 Å². The summed E-state index contributed by atoms with van der Waals surface area (Å²) in [6.45, 7) is 0. The summed E-state index contributed by atoms with van der Waals surface area (Å²) in [6.07, 6.45) is -6.74. The van der Waals surface area contributed by atoms with Crippen LogP contribution >= 0.6 is 0 Å². The molecule has 0 aliphatic carbocycles. The normalized spacial score (nSPS) is 10.8. The van der Waals surface area contributed by atoms with Gasteiger partial charge in [0, 0.05) is 6.07 Å². The average molecular weight is 292 g/mol. The van der Waals surface area contributed by atoms with Gasteiger partial charge in [0.15, 0.2) is 0 Å². The first-order chi connectivity index (χ1) is 9.15. The number of benzene rings is 1. The number of alkyl halides is 3. The Bertz CT molecular complexity index is 604. The summed E-state index contributed by atoms with van der Waals surface area (Å²) >= 11 is 0. The number of hydrogen-bond donors (Lipinski definition) is 1. The summed E-state index contributed by atoms with van der Waals surface area (Å²) in [6, 6.07) is 2.24. The Morgan fingerprint density at radius 1 is 1.20 bits per heavy atom. The third kappa shape index (κ3) is 3.74. The van der Waals surface area contributed by atoms with Gasteiger partial charge in [0.25, 0.3) is 0 Å². The van der Waals surface area contributed by atoms with E-state index in [-0.39, 0.29) is 0 Å². The van der Waals surface area contributed by atoms with E-state index >= 15 is 0 Å². The number of carbonyl (C=O) groups is 2. The van der Waals surface area contributed by atoms with Crippen molar-refractivity contribution in [2.45, 2.75) is 12.6 Å². The molecule has 1 amide bonds. The maximum atomic E-state index is 13.3. The molecule has 1 aromatic carbocycles. The van der Waals surface area contributed by atoms with Crippen LogP contribution in [0.15, 0.2) is 12.1 Å². The van der Waals surface area contributed by atoms with Crippen molar-refractivity contribution in [3.05, 3.63) is 29.3 Å². The molecule has 1 aromatic rings. The van der Waals surface area contributed by atoms with E-state index < -0.39 is 47.2 Å². The standard InChI is InChI=1S/C11H5F5N2O2/c12-6-2-8(7(13)1-5(6)4-17)18-10(20)3-9(19)11(14,15)16/h1-2H,3H2,(H,18,20). The van der Waals surface area contributed by atoms with Crippen LogP contribution in [0.1, 0.15) is 12.0 Å². The molecule has 0 aliphatic rings. The molecule has 1 rings (SSSR count). The summed E-state index contributed by atoms with van der Waals surface area (Å²) in [4.78, 5) is 21.6. The summed E-state index contributed by atoms with van der Waals surface area (Å²) in [5, 5.41) is 10.0. The van der Waals surface area contributed by atoms with Crippen molar-refractivity contribution in [1.82, 2.24) is 0 Å². The maximum Gasteiger partial charge on any atom is 0.450 e. The van der Waals surface area contributed by atoms with Crippen LogP contribution in [0, 0.1) is 23.0 Å². The minimum Gasteiger partial charge on any atom is -0.323 e. The quantitative estimate of drug-likeness (QED) is 0.686. The van der Waals surface area contributed by atoms with Gasteiger partial charge in [-0.25, -0.2) is 8.78 Å². The third-order valence-electron chi connectivity index (χ3n) is 2.09. The number of nitrogens with zero attached hydrogens (tertiary/aromatic N) is 1. The van der Waals surface area contributed by atoms with E-state index in [0.717, 1.165) is 0 Å². The molecule has 4 nitrogen and oxygen atoms in total. The van der Waals surface area contributed by atoms with Gasteiger partial charge >= 0.3 is 6.18 Å². The monoisotopic (exact) mass is 292 g/mol. The number of hydrogen-bond acceptors (Lipinski definition) is 3. The fourth-order valence-electron chi connectivity index (χ4n) is 1.17. The minimum atomic E-state index is -5.19. The second-order valence-corrected chi connectivity index (χ2v) is 3.57. The lowest BCUT2D eigenvalue weighted by molar-refractivity contribution is -0.171. The van der Waals surface area contributed by atoms with Crippen LogP contribution in [0.25, 0.3) is 0 Å². The third-order valence-corrected chi connectivity index (χ3v) is 2.09. The Morgan fingerprint density at radius 2 is 1.80 bits per heavy atom. The van der Waals surface area contributed by atoms with Gasteiger partial charge in [-0.2, -0.15) is 18.4 Å². The summed E-state index contributed by atoms with van der Waals surface area (Å²) in [5.41, 5.74) is -1.40. The number of halogens is 5. The molecule has 0 bridgehead atoms. The first-order valence-corrected chi connectivity index (χ1v) is 4.94. The molecule has 0 saturated heterocycles. The van der Waals surface area contributed by atoms with Gasteiger partial charge in [-0.3, -0.25) is 9.59 Å². The smallest absolute Gasteiger partial charge is 0.323 e. The first-order valence-electron chi connectivity index (χ1n) is 4.94. The van der Waals surface area contributed by atoms with Crippen molar-refractivity contribution < 1.29 is 31.5 Å². The van der Waals surface area contributed by atoms with Gasteiger partial charge in [-0.15, -0.1) is 0 Å². The highest BCUT2D eigenvalue weighted by Gasteiger charge is 2.39. The summed E-state index contributed by atoms with van der Waals surface area (Å²) in [5.74, 6) is -6.14. The predicted octanol–water partition coefficient (Wildman–Crippen LogP) is 2.30. The van der Waals surface area contributed by atoms with Crippen LogP contribution in [0.4, 0.5) is 27.6 Å². The SMILES string of the molecule is N#Cc1cc(F)c(NC(=O)CC(=O)C(F)(F)F)cc1F. The molecule has 0 aliphatic heterocycles. The highest BCUT2D eigenvalue weighted by atomic mass is 19.4. The second-order valence-electron chi connectivity index (χ2n) is 3.57. The second kappa shape index (κ2) is 5.64. The van der Waals surface area contributed by atoms with E-state index in [2.05, 4.69) is 0 Å². The van der Waals surface area contributed by atoms with Crippen molar-refractivity contribution in [1.29, 1.82) is 5.26 Å². The highest BCUT2D eigenvalue weighted by Crippen LogP contribution is 2.21. The molecule has 1 N–H and O–H groups in total. The molecule has 106 valence electrons.